The zero-order valence-corrected chi connectivity index (χ0v) is 12.0. The first-order valence-electron chi connectivity index (χ1n) is 5.84. The molecule has 1 heterocycles. The summed E-state index contributed by atoms with van der Waals surface area (Å²) in [6, 6.07) is 4.69. The van der Waals surface area contributed by atoms with Crippen molar-refractivity contribution in [2.24, 2.45) is 11.1 Å². The molecule has 1 aromatic carbocycles. The standard InChI is InChI=1S/C13H18N2O3.ClH/c1-13(2,3)11(14)12(16)15-8-4-5-9-10(6-8)18-7-17-9;/h4-6,11H,7,14H2,1-3H3,(H,15,16);1H/t11-;/m1./s1. The van der Waals surface area contributed by atoms with E-state index in [1.807, 2.05) is 20.8 Å². The zero-order chi connectivity index (χ0) is 13.3. The van der Waals surface area contributed by atoms with E-state index in [4.69, 9.17) is 15.2 Å². The SMILES string of the molecule is CC(C)(C)[C@H](N)C(=O)Nc1ccc2c(c1)OCO2.Cl. The van der Waals surface area contributed by atoms with Crippen LogP contribution < -0.4 is 20.5 Å². The van der Waals surface area contributed by atoms with Crippen molar-refractivity contribution in [1.29, 1.82) is 0 Å². The minimum atomic E-state index is -0.567. The van der Waals surface area contributed by atoms with E-state index in [0.717, 1.165) is 0 Å². The van der Waals surface area contributed by atoms with Crippen molar-refractivity contribution in [3.8, 4) is 11.5 Å². The van der Waals surface area contributed by atoms with Crippen molar-refractivity contribution >= 4 is 24.0 Å². The van der Waals surface area contributed by atoms with E-state index in [1.165, 1.54) is 0 Å². The Bertz CT molecular complexity index is 471. The second-order valence-electron chi connectivity index (χ2n) is 5.40. The molecular formula is C13H19ClN2O3. The van der Waals surface area contributed by atoms with Gasteiger partial charge >= 0.3 is 0 Å². The lowest BCUT2D eigenvalue weighted by molar-refractivity contribution is -0.119. The van der Waals surface area contributed by atoms with Crippen LogP contribution in [0.15, 0.2) is 18.2 Å². The molecule has 5 nitrogen and oxygen atoms in total. The highest BCUT2D eigenvalue weighted by Gasteiger charge is 2.27. The summed E-state index contributed by atoms with van der Waals surface area (Å²) < 4.78 is 10.4. The van der Waals surface area contributed by atoms with E-state index in [1.54, 1.807) is 18.2 Å². The first kappa shape index (κ1) is 15.6. The molecule has 0 saturated carbocycles. The Labute approximate surface area is 118 Å². The Kier molecular flexibility index (Phi) is 4.66. The third kappa shape index (κ3) is 3.52. The van der Waals surface area contributed by atoms with Crippen LogP contribution in [0.4, 0.5) is 5.69 Å². The molecule has 19 heavy (non-hydrogen) atoms. The number of rotatable bonds is 2. The van der Waals surface area contributed by atoms with Gasteiger partial charge in [0.1, 0.15) is 0 Å². The van der Waals surface area contributed by atoms with Crippen molar-refractivity contribution in [1.82, 2.24) is 0 Å². The summed E-state index contributed by atoms with van der Waals surface area (Å²) in [5.41, 5.74) is 6.27. The summed E-state index contributed by atoms with van der Waals surface area (Å²) in [5, 5.41) is 2.78. The molecule has 0 aliphatic carbocycles. The van der Waals surface area contributed by atoms with E-state index in [0.29, 0.717) is 17.2 Å². The average Bonchev–Trinajstić information content (AvgIpc) is 2.73. The number of carbonyl (C=O) groups excluding carboxylic acids is 1. The lowest BCUT2D eigenvalue weighted by Crippen LogP contribution is -2.45. The van der Waals surface area contributed by atoms with Crippen LogP contribution in [0.5, 0.6) is 11.5 Å². The Hall–Kier alpha value is -1.46. The van der Waals surface area contributed by atoms with Gasteiger partial charge in [0, 0.05) is 11.8 Å². The molecule has 1 aliphatic heterocycles. The molecule has 0 radical (unpaired) electrons. The molecule has 6 heteroatoms. The number of hydrogen-bond acceptors (Lipinski definition) is 4. The first-order chi connectivity index (χ1) is 8.38. The van der Waals surface area contributed by atoms with Crippen LogP contribution in [0.1, 0.15) is 20.8 Å². The summed E-state index contributed by atoms with van der Waals surface area (Å²) >= 11 is 0. The van der Waals surface area contributed by atoms with Crippen LogP contribution in [-0.4, -0.2) is 18.7 Å². The fraction of sp³-hybridized carbons (Fsp3) is 0.462. The van der Waals surface area contributed by atoms with Crippen molar-refractivity contribution in [2.45, 2.75) is 26.8 Å². The van der Waals surface area contributed by atoms with Crippen molar-refractivity contribution in [3.05, 3.63) is 18.2 Å². The predicted molar refractivity (Wildman–Crippen MR) is 75.9 cm³/mol. The van der Waals surface area contributed by atoms with Crippen molar-refractivity contribution < 1.29 is 14.3 Å². The maximum atomic E-state index is 12.0. The fourth-order valence-electron chi connectivity index (χ4n) is 1.59. The Morgan fingerprint density at radius 3 is 2.58 bits per heavy atom. The minimum absolute atomic E-state index is 0. The summed E-state index contributed by atoms with van der Waals surface area (Å²) in [5.74, 6) is 1.12. The van der Waals surface area contributed by atoms with E-state index >= 15 is 0 Å². The second kappa shape index (κ2) is 5.67. The highest BCUT2D eigenvalue weighted by atomic mass is 35.5. The summed E-state index contributed by atoms with van der Waals surface area (Å²) in [4.78, 5) is 12.0. The van der Waals surface area contributed by atoms with Gasteiger partial charge in [-0.15, -0.1) is 12.4 Å². The second-order valence-corrected chi connectivity index (χ2v) is 5.40. The third-order valence-corrected chi connectivity index (χ3v) is 2.86. The highest BCUT2D eigenvalue weighted by molar-refractivity contribution is 5.95. The number of anilines is 1. The molecule has 3 N–H and O–H groups in total. The summed E-state index contributed by atoms with van der Waals surface area (Å²) in [6.07, 6.45) is 0. The lowest BCUT2D eigenvalue weighted by Gasteiger charge is -2.25. The summed E-state index contributed by atoms with van der Waals surface area (Å²) in [6.45, 7) is 6.00. The smallest absolute Gasteiger partial charge is 0.241 e. The maximum Gasteiger partial charge on any atom is 0.241 e. The molecule has 1 aromatic rings. The fourth-order valence-corrected chi connectivity index (χ4v) is 1.59. The van der Waals surface area contributed by atoms with E-state index < -0.39 is 6.04 Å². The molecule has 0 unspecified atom stereocenters. The highest BCUT2D eigenvalue weighted by Crippen LogP contribution is 2.34. The first-order valence-corrected chi connectivity index (χ1v) is 5.84. The predicted octanol–water partition coefficient (Wildman–Crippen LogP) is 2.15. The Balaban J connectivity index is 0.00000180. The van der Waals surface area contributed by atoms with Crippen LogP contribution >= 0.6 is 12.4 Å². The normalized spacial score (nSPS) is 14.5. The van der Waals surface area contributed by atoms with Gasteiger partial charge in [-0.1, -0.05) is 20.8 Å². The number of ether oxygens (including phenoxy) is 2. The monoisotopic (exact) mass is 286 g/mol. The van der Waals surface area contributed by atoms with E-state index in [-0.39, 0.29) is 30.5 Å². The van der Waals surface area contributed by atoms with Crippen LogP contribution in [0, 0.1) is 5.41 Å². The molecule has 0 spiro atoms. The van der Waals surface area contributed by atoms with Gasteiger partial charge in [-0.25, -0.2) is 0 Å². The molecular weight excluding hydrogens is 268 g/mol. The number of hydrogen-bond donors (Lipinski definition) is 2. The number of nitrogens with two attached hydrogens (primary N) is 1. The summed E-state index contributed by atoms with van der Waals surface area (Å²) in [7, 11) is 0. The van der Waals surface area contributed by atoms with Crippen LogP contribution in [-0.2, 0) is 4.79 Å². The third-order valence-electron chi connectivity index (χ3n) is 2.86. The van der Waals surface area contributed by atoms with Crippen LogP contribution in [0.2, 0.25) is 0 Å². The molecule has 1 aliphatic rings. The Morgan fingerprint density at radius 1 is 1.32 bits per heavy atom. The molecule has 1 amide bonds. The molecule has 106 valence electrons. The van der Waals surface area contributed by atoms with E-state index in [2.05, 4.69) is 5.32 Å². The number of carbonyl (C=O) groups is 1. The molecule has 0 saturated heterocycles. The van der Waals surface area contributed by atoms with Gasteiger partial charge in [0.05, 0.1) is 6.04 Å². The quantitative estimate of drug-likeness (QED) is 0.874. The zero-order valence-electron chi connectivity index (χ0n) is 11.2. The maximum absolute atomic E-state index is 12.0. The topological polar surface area (TPSA) is 73.6 Å². The molecule has 0 aromatic heterocycles. The van der Waals surface area contributed by atoms with Crippen LogP contribution in [0.3, 0.4) is 0 Å². The lowest BCUT2D eigenvalue weighted by atomic mass is 9.87. The van der Waals surface area contributed by atoms with Gasteiger partial charge in [-0.05, 0) is 17.5 Å². The van der Waals surface area contributed by atoms with Gasteiger partial charge in [0.15, 0.2) is 11.5 Å². The van der Waals surface area contributed by atoms with Gasteiger partial charge in [0.25, 0.3) is 0 Å². The largest absolute Gasteiger partial charge is 0.454 e. The number of amides is 1. The van der Waals surface area contributed by atoms with Crippen molar-refractivity contribution in [2.75, 3.05) is 12.1 Å². The number of benzene rings is 1. The molecule has 2 rings (SSSR count). The van der Waals surface area contributed by atoms with Crippen molar-refractivity contribution in [3.63, 3.8) is 0 Å². The number of nitrogens with one attached hydrogen (secondary N) is 1. The van der Waals surface area contributed by atoms with Crippen LogP contribution in [0.25, 0.3) is 0 Å². The Morgan fingerprint density at radius 2 is 1.95 bits per heavy atom. The van der Waals surface area contributed by atoms with Gasteiger partial charge in [-0.3, -0.25) is 4.79 Å². The molecule has 0 bridgehead atoms. The molecule has 0 fully saturated rings. The average molecular weight is 287 g/mol. The number of fused-ring (bicyclic) bond motifs is 1. The van der Waals surface area contributed by atoms with Gasteiger partial charge in [0.2, 0.25) is 12.7 Å². The minimum Gasteiger partial charge on any atom is -0.454 e. The molecule has 1 atom stereocenters. The number of halogens is 1. The van der Waals surface area contributed by atoms with Gasteiger partial charge < -0.3 is 20.5 Å². The van der Waals surface area contributed by atoms with Gasteiger partial charge in [-0.2, -0.15) is 0 Å². The van der Waals surface area contributed by atoms with E-state index in [9.17, 15) is 4.79 Å².